The van der Waals surface area contributed by atoms with Gasteiger partial charge in [-0.25, -0.2) is 0 Å². The second-order valence-electron chi connectivity index (χ2n) is 5.07. The monoisotopic (exact) mass is 291 g/mol. The molecule has 0 bridgehead atoms. The normalized spacial score (nSPS) is 10.4. The lowest BCUT2D eigenvalue weighted by molar-refractivity contribution is -0.116. The van der Waals surface area contributed by atoms with Gasteiger partial charge in [-0.3, -0.25) is 9.48 Å². The highest BCUT2D eigenvalue weighted by Gasteiger charge is 2.08. The fourth-order valence-electron chi connectivity index (χ4n) is 2.34. The van der Waals surface area contributed by atoms with E-state index in [1.54, 1.807) is 23.1 Å². The van der Waals surface area contributed by atoms with Gasteiger partial charge in [-0.2, -0.15) is 5.10 Å². The van der Waals surface area contributed by atoms with E-state index in [9.17, 15) is 4.79 Å². The average Bonchev–Trinajstić information content (AvgIpc) is 3.03. The molecule has 110 valence electrons. The molecule has 22 heavy (non-hydrogen) atoms. The number of carbonyl (C=O) groups excluding carboxylic acids is 1. The van der Waals surface area contributed by atoms with Crippen molar-refractivity contribution in [3.8, 4) is 0 Å². The van der Waals surface area contributed by atoms with Crippen LogP contribution < -0.4 is 5.32 Å². The molecule has 0 unspecified atom stereocenters. The molecule has 0 atom stereocenters. The quantitative estimate of drug-likeness (QED) is 0.785. The summed E-state index contributed by atoms with van der Waals surface area (Å²) in [6.45, 7) is 0.215. The highest BCUT2D eigenvalue weighted by molar-refractivity contribution is 5.91. The van der Waals surface area contributed by atoms with Crippen LogP contribution in [0.2, 0.25) is 0 Å². The van der Waals surface area contributed by atoms with Crippen molar-refractivity contribution in [2.75, 3.05) is 5.32 Å². The lowest BCUT2D eigenvalue weighted by Gasteiger charge is -2.11. The Morgan fingerprint density at radius 1 is 1.00 bits per heavy atom. The maximum atomic E-state index is 12.1. The summed E-state index contributed by atoms with van der Waals surface area (Å²) in [7, 11) is 0. The number of anilines is 1. The smallest absolute Gasteiger partial charge is 0.246 e. The molecule has 0 radical (unpaired) electrons. The van der Waals surface area contributed by atoms with E-state index < -0.39 is 0 Å². The van der Waals surface area contributed by atoms with Gasteiger partial charge in [0.1, 0.15) is 6.54 Å². The molecule has 1 aromatic heterocycles. The standard InChI is InChI=1S/C18H17N3O/c22-18(14-21-12-6-11-19-21)20-17-10-5-4-9-16(17)13-15-7-2-1-3-8-15/h1-12H,13-14H2,(H,20,22). The Hall–Kier alpha value is -2.88. The molecule has 4 heteroatoms. The van der Waals surface area contributed by atoms with Crippen LogP contribution in [0.5, 0.6) is 0 Å². The van der Waals surface area contributed by atoms with Crippen molar-refractivity contribution >= 4 is 11.6 Å². The summed E-state index contributed by atoms with van der Waals surface area (Å²) < 4.78 is 1.61. The van der Waals surface area contributed by atoms with Gasteiger partial charge in [-0.1, -0.05) is 48.5 Å². The number of hydrogen-bond donors (Lipinski definition) is 1. The van der Waals surface area contributed by atoms with Crippen molar-refractivity contribution in [2.24, 2.45) is 0 Å². The highest BCUT2D eigenvalue weighted by Crippen LogP contribution is 2.19. The minimum absolute atomic E-state index is 0.0794. The summed E-state index contributed by atoms with van der Waals surface area (Å²) in [5.41, 5.74) is 3.17. The van der Waals surface area contributed by atoms with Crippen LogP contribution in [0.3, 0.4) is 0 Å². The van der Waals surface area contributed by atoms with Gasteiger partial charge < -0.3 is 5.32 Å². The molecule has 3 aromatic rings. The van der Waals surface area contributed by atoms with Crippen molar-refractivity contribution in [3.63, 3.8) is 0 Å². The number of rotatable bonds is 5. The summed E-state index contributed by atoms with van der Waals surface area (Å²) in [6, 6.07) is 19.9. The molecule has 0 aliphatic rings. The SMILES string of the molecule is O=C(Cn1cccn1)Nc1ccccc1Cc1ccccc1. The van der Waals surface area contributed by atoms with E-state index in [0.29, 0.717) is 0 Å². The van der Waals surface area contributed by atoms with E-state index in [1.807, 2.05) is 42.5 Å². The van der Waals surface area contributed by atoms with E-state index in [2.05, 4.69) is 22.5 Å². The molecule has 0 fully saturated rings. The lowest BCUT2D eigenvalue weighted by atomic mass is 10.0. The Labute approximate surface area is 129 Å². The third-order valence-electron chi connectivity index (χ3n) is 3.39. The highest BCUT2D eigenvalue weighted by atomic mass is 16.2. The van der Waals surface area contributed by atoms with Crippen LogP contribution in [-0.2, 0) is 17.8 Å². The number of aromatic nitrogens is 2. The number of benzene rings is 2. The summed E-state index contributed by atoms with van der Waals surface area (Å²) in [5, 5.41) is 7.01. The fraction of sp³-hybridized carbons (Fsp3) is 0.111. The van der Waals surface area contributed by atoms with Crippen LogP contribution in [0.25, 0.3) is 0 Å². The molecule has 0 spiro atoms. The first-order valence-corrected chi connectivity index (χ1v) is 7.20. The van der Waals surface area contributed by atoms with Crippen molar-refractivity contribution in [1.82, 2.24) is 9.78 Å². The third kappa shape index (κ3) is 3.61. The van der Waals surface area contributed by atoms with E-state index in [1.165, 1.54) is 5.56 Å². The molecular weight excluding hydrogens is 274 g/mol. The van der Waals surface area contributed by atoms with Gasteiger partial charge in [0.2, 0.25) is 5.91 Å². The predicted octanol–water partition coefficient (Wildman–Crippen LogP) is 3.11. The molecule has 4 nitrogen and oxygen atoms in total. The Bertz CT molecular complexity index is 736. The van der Waals surface area contributed by atoms with Crippen molar-refractivity contribution < 1.29 is 4.79 Å². The van der Waals surface area contributed by atoms with E-state index >= 15 is 0 Å². The molecular formula is C18H17N3O. The molecule has 1 heterocycles. The van der Waals surface area contributed by atoms with Gasteiger partial charge in [0.25, 0.3) is 0 Å². The second-order valence-corrected chi connectivity index (χ2v) is 5.07. The third-order valence-corrected chi connectivity index (χ3v) is 3.39. The summed E-state index contributed by atoms with van der Waals surface area (Å²) in [5.74, 6) is -0.0794. The molecule has 0 saturated carbocycles. The van der Waals surface area contributed by atoms with Crippen LogP contribution in [0, 0.1) is 0 Å². The largest absolute Gasteiger partial charge is 0.324 e. The summed E-state index contributed by atoms with van der Waals surface area (Å²) in [6.07, 6.45) is 4.23. The van der Waals surface area contributed by atoms with Crippen LogP contribution >= 0.6 is 0 Å². The van der Waals surface area contributed by atoms with Crippen LogP contribution in [-0.4, -0.2) is 15.7 Å². The minimum atomic E-state index is -0.0794. The van der Waals surface area contributed by atoms with Gasteiger partial charge in [0.15, 0.2) is 0 Å². The van der Waals surface area contributed by atoms with E-state index in [4.69, 9.17) is 0 Å². The Balaban J connectivity index is 1.72. The minimum Gasteiger partial charge on any atom is -0.324 e. The fourth-order valence-corrected chi connectivity index (χ4v) is 2.34. The molecule has 2 aromatic carbocycles. The molecule has 0 aliphatic carbocycles. The zero-order valence-corrected chi connectivity index (χ0v) is 12.1. The topological polar surface area (TPSA) is 46.9 Å². The zero-order valence-electron chi connectivity index (χ0n) is 12.1. The number of nitrogens with one attached hydrogen (secondary N) is 1. The van der Waals surface area contributed by atoms with Gasteiger partial charge >= 0.3 is 0 Å². The molecule has 0 saturated heterocycles. The van der Waals surface area contributed by atoms with E-state index in [0.717, 1.165) is 17.7 Å². The van der Waals surface area contributed by atoms with Gasteiger partial charge in [0, 0.05) is 18.1 Å². The summed E-state index contributed by atoms with van der Waals surface area (Å²) in [4.78, 5) is 12.1. The first-order chi connectivity index (χ1) is 10.8. The Kier molecular flexibility index (Phi) is 4.30. The lowest BCUT2D eigenvalue weighted by Crippen LogP contribution is -2.19. The maximum absolute atomic E-state index is 12.1. The Morgan fingerprint density at radius 3 is 2.55 bits per heavy atom. The number of hydrogen-bond acceptors (Lipinski definition) is 2. The Morgan fingerprint density at radius 2 is 1.77 bits per heavy atom. The predicted molar refractivity (Wildman–Crippen MR) is 86.5 cm³/mol. The molecule has 1 N–H and O–H groups in total. The number of carbonyl (C=O) groups is 1. The summed E-state index contributed by atoms with van der Waals surface area (Å²) >= 11 is 0. The molecule has 3 rings (SSSR count). The number of nitrogens with zero attached hydrogens (tertiary/aromatic N) is 2. The van der Waals surface area contributed by atoms with Crippen molar-refractivity contribution in [1.29, 1.82) is 0 Å². The van der Waals surface area contributed by atoms with Gasteiger partial charge in [-0.15, -0.1) is 0 Å². The second kappa shape index (κ2) is 6.72. The van der Waals surface area contributed by atoms with Crippen molar-refractivity contribution in [2.45, 2.75) is 13.0 Å². The zero-order chi connectivity index (χ0) is 15.2. The maximum Gasteiger partial charge on any atom is 0.246 e. The van der Waals surface area contributed by atoms with E-state index in [-0.39, 0.29) is 12.5 Å². The molecule has 0 aliphatic heterocycles. The molecule has 1 amide bonds. The average molecular weight is 291 g/mol. The number of amides is 1. The van der Waals surface area contributed by atoms with Crippen LogP contribution in [0.4, 0.5) is 5.69 Å². The van der Waals surface area contributed by atoms with Crippen LogP contribution in [0.15, 0.2) is 73.1 Å². The van der Waals surface area contributed by atoms with Gasteiger partial charge in [-0.05, 0) is 29.7 Å². The van der Waals surface area contributed by atoms with Crippen molar-refractivity contribution in [3.05, 3.63) is 84.2 Å². The number of para-hydroxylation sites is 1. The van der Waals surface area contributed by atoms with Crippen LogP contribution in [0.1, 0.15) is 11.1 Å². The van der Waals surface area contributed by atoms with Gasteiger partial charge in [0.05, 0.1) is 0 Å². The first kappa shape index (κ1) is 14.1. The first-order valence-electron chi connectivity index (χ1n) is 7.20.